The first kappa shape index (κ1) is 8.08. The normalized spacial score (nSPS) is 21.0. The van der Waals surface area contributed by atoms with Crippen LogP contribution in [0.2, 0.25) is 0 Å². The van der Waals surface area contributed by atoms with Crippen LogP contribution in [0.5, 0.6) is 0 Å². The Balaban J connectivity index is 2.60. The Kier molecular flexibility index (Phi) is 1.85. The third kappa shape index (κ3) is 1.04. The average Bonchev–Trinajstić information content (AvgIpc) is 2.41. The summed E-state index contributed by atoms with van der Waals surface area (Å²) < 4.78 is 1.05. The van der Waals surface area contributed by atoms with Crippen molar-refractivity contribution in [2.24, 2.45) is 0 Å². The zero-order valence-corrected chi connectivity index (χ0v) is 8.48. The summed E-state index contributed by atoms with van der Waals surface area (Å²) in [6.07, 6.45) is 0. The topological polar surface area (TPSA) is 38.0 Å². The van der Waals surface area contributed by atoms with Gasteiger partial charge in [-0.05, 0) is 40.0 Å². The van der Waals surface area contributed by atoms with E-state index in [-0.39, 0.29) is 0 Å². The molecular weight excluding hydrogens is 216 g/mol. The van der Waals surface area contributed by atoms with Crippen LogP contribution < -0.4 is 11.1 Å². The van der Waals surface area contributed by atoms with Crippen molar-refractivity contribution >= 4 is 21.6 Å². The number of nitrogens with two attached hydrogens (primary N) is 1. The molecule has 0 fully saturated rings. The number of hydrogen-bond donors (Lipinski definition) is 2. The van der Waals surface area contributed by atoms with Gasteiger partial charge in [-0.1, -0.05) is 6.07 Å². The number of fused-ring (bicyclic) bond motifs is 1. The molecule has 12 heavy (non-hydrogen) atoms. The second kappa shape index (κ2) is 2.75. The summed E-state index contributed by atoms with van der Waals surface area (Å²) in [7, 11) is 0. The summed E-state index contributed by atoms with van der Waals surface area (Å²) in [6.45, 7) is 3.08. The van der Waals surface area contributed by atoms with E-state index < -0.39 is 0 Å². The molecule has 3 heteroatoms. The molecule has 1 unspecified atom stereocenters. The smallest absolute Gasteiger partial charge is 0.0462 e. The molecule has 0 bridgehead atoms. The highest BCUT2D eigenvalue weighted by molar-refractivity contribution is 9.10. The van der Waals surface area contributed by atoms with E-state index in [1.54, 1.807) is 0 Å². The molecule has 0 amide bonds. The summed E-state index contributed by atoms with van der Waals surface area (Å²) in [5, 5.41) is 3.37. The predicted octanol–water partition coefficient (Wildman–Crippen LogP) is 2.20. The van der Waals surface area contributed by atoms with Crippen LogP contribution in [0.15, 0.2) is 16.6 Å². The number of nitrogen functional groups attached to an aromatic ring is 1. The highest BCUT2D eigenvalue weighted by Crippen LogP contribution is 2.34. The van der Waals surface area contributed by atoms with E-state index in [0.717, 1.165) is 16.7 Å². The largest absolute Gasteiger partial charge is 0.398 e. The lowest BCUT2D eigenvalue weighted by Crippen LogP contribution is -2.06. The van der Waals surface area contributed by atoms with E-state index in [0.29, 0.717) is 6.04 Å². The van der Waals surface area contributed by atoms with Crippen LogP contribution in [0.25, 0.3) is 0 Å². The molecule has 0 spiro atoms. The molecular formula is C9H11BrN2. The predicted molar refractivity (Wildman–Crippen MR) is 53.8 cm³/mol. The van der Waals surface area contributed by atoms with Crippen molar-refractivity contribution in [3.63, 3.8) is 0 Å². The van der Waals surface area contributed by atoms with Gasteiger partial charge in [0.1, 0.15) is 0 Å². The van der Waals surface area contributed by atoms with Gasteiger partial charge in [0.15, 0.2) is 0 Å². The minimum absolute atomic E-state index is 0.455. The number of anilines is 1. The Labute approximate surface area is 80.3 Å². The SMILES string of the molecule is CC1NCc2c1ccc(N)c2Br. The van der Waals surface area contributed by atoms with Crippen molar-refractivity contribution in [3.8, 4) is 0 Å². The highest BCUT2D eigenvalue weighted by Gasteiger charge is 2.20. The zero-order chi connectivity index (χ0) is 8.72. The lowest BCUT2D eigenvalue weighted by molar-refractivity contribution is 0.633. The van der Waals surface area contributed by atoms with Crippen molar-refractivity contribution in [2.45, 2.75) is 19.5 Å². The number of benzene rings is 1. The van der Waals surface area contributed by atoms with Crippen LogP contribution in [0.3, 0.4) is 0 Å². The Morgan fingerprint density at radius 3 is 3.08 bits per heavy atom. The molecule has 0 aromatic heterocycles. The van der Waals surface area contributed by atoms with Gasteiger partial charge < -0.3 is 11.1 Å². The Morgan fingerprint density at radius 2 is 2.33 bits per heavy atom. The van der Waals surface area contributed by atoms with Crippen molar-refractivity contribution in [1.82, 2.24) is 5.32 Å². The van der Waals surface area contributed by atoms with Gasteiger partial charge in [-0.25, -0.2) is 0 Å². The first-order valence-corrected chi connectivity index (χ1v) is 4.79. The zero-order valence-electron chi connectivity index (χ0n) is 6.89. The Hall–Kier alpha value is -0.540. The van der Waals surface area contributed by atoms with Crippen LogP contribution in [0, 0.1) is 0 Å². The maximum atomic E-state index is 5.76. The lowest BCUT2D eigenvalue weighted by atomic mass is 10.1. The van der Waals surface area contributed by atoms with E-state index in [1.807, 2.05) is 6.07 Å². The number of nitrogens with one attached hydrogen (secondary N) is 1. The Bertz CT molecular complexity index is 323. The summed E-state index contributed by atoms with van der Waals surface area (Å²) in [4.78, 5) is 0. The van der Waals surface area contributed by atoms with Gasteiger partial charge in [-0.2, -0.15) is 0 Å². The molecule has 0 saturated heterocycles. The minimum atomic E-state index is 0.455. The second-order valence-corrected chi connectivity index (χ2v) is 3.93. The summed E-state index contributed by atoms with van der Waals surface area (Å²) >= 11 is 3.49. The quantitative estimate of drug-likeness (QED) is 0.666. The molecule has 1 aliphatic rings. The van der Waals surface area contributed by atoms with Crippen LogP contribution in [0.4, 0.5) is 5.69 Å². The van der Waals surface area contributed by atoms with Crippen molar-refractivity contribution in [2.75, 3.05) is 5.73 Å². The fraction of sp³-hybridized carbons (Fsp3) is 0.333. The standard InChI is InChI=1S/C9H11BrN2/c1-5-6-2-3-8(11)9(10)7(6)4-12-5/h2-3,5,12H,4,11H2,1H3. The van der Waals surface area contributed by atoms with Crippen LogP contribution in [0.1, 0.15) is 24.1 Å². The van der Waals surface area contributed by atoms with Crippen molar-refractivity contribution in [1.29, 1.82) is 0 Å². The fourth-order valence-corrected chi connectivity index (χ4v) is 2.11. The molecule has 1 aliphatic heterocycles. The van der Waals surface area contributed by atoms with E-state index in [4.69, 9.17) is 5.73 Å². The summed E-state index contributed by atoms with van der Waals surface area (Å²) in [6, 6.07) is 4.50. The first-order valence-electron chi connectivity index (χ1n) is 4.00. The number of halogens is 1. The molecule has 1 atom stereocenters. The lowest BCUT2D eigenvalue weighted by Gasteiger charge is -2.06. The van der Waals surface area contributed by atoms with E-state index in [9.17, 15) is 0 Å². The fourth-order valence-electron chi connectivity index (χ4n) is 1.60. The molecule has 1 aromatic carbocycles. The minimum Gasteiger partial charge on any atom is -0.398 e. The van der Waals surface area contributed by atoms with Gasteiger partial charge in [0.25, 0.3) is 0 Å². The summed E-state index contributed by atoms with van der Waals surface area (Å²) in [5.74, 6) is 0. The van der Waals surface area contributed by atoms with Crippen molar-refractivity contribution in [3.05, 3.63) is 27.7 Å². The van der Waals surface area contributed by atoms with E-state index in [2.05, 4.69) is 34.2 Å². The maximum Gasteiger partial charge on any atom is 0.0462 e. The van der Waals surface area contributed by atoms with Gasteiger partial charge >= 0.3 is 0 Å². The van der Waals surface area contributed by atoms with E-state index >= 15 is 0 Å². The number of hydrogen-bond acceptors (Lipinski definition) is 2. The highest BCUT2D eigenvalue weighted by atomic mass is 79.9. The maximum absolute atomic E-state index is 5.76. The Morgan fingerprint density at radius 1 is 1.58 bits per heavy atom. The molecule has 0 aliphatic carbocycles. The molecule has 1 aromatic rings. The number of rotatable bonds is 0. The van der Waals surface area contributed by atoms with E-state index in [1.165, 1.54) is 11.1 Å². The van der Waals surface area contributed by atoms with Crippen LogP contribution >= 0.6 is 15.9 Å². The molecule has 3 N–H and O–H groups in total. The third-order valence-corrected chi connectivity index (χ3v) is 3.30. The molecule has 0 radical (unpaired) electrons. The average molecular weight is 227 g/mol. The van der Waals surface area contributed by atoms with Crippen molar-refractivity contribution < 1.29 is 0 Å². The third-order valence-electron chi connectivity index (χ3n) is 2.36. The second-order valence-electron chi connectivity index (χ2n) is 3.14. The monoisotopic (exact) mass is 226 g/mol. The first-order chi connectivity index (χ1) is 5.70. The van der Waals surface area contributed by atoms with Gasteiger partial charge in [0.2, 0.25) is 0 Å². The van der Waals surface area contributed by atoms with Crippen LogP contribution in [-0.4, -0.2) is 0 Å². The molecule has 2 rings (SSSR count). The molecule has 0 saturated carbocycles. The molecule has 1 heterocycles. The summed E-state index contributed by atoms with van der Waals surface area (Å²) in [5.41, 5.74) is 9.25. The van der Waals surface area contributed by atoms with Gasteiger partial charge in [0, 0.05) is 22.7 Å². The van der Waals surface area contributed by atoms with Gasteiger partial charge in [-0.3, -0.25) is 0 Å². The van der Waals surface area contributed by atoms with Gasteiger partial charge in [-0.15, -0.1) is 0 Å². The molecule has 64 valence electrons. The van der Waals surface area contributed by atoms with Crippen LogP contribution in [-0.2, 0) is 6.54 Å². The van der Waals surface area contributed by atoms with Gasteiger partial charge in [0.05, 0.1) is 0 Å². The molecule has 2 nitrogen and oxygen atoms in total.